The molecule has 3 rings (SSSR count). The van der Waals surface area contributed by atoms with E-state index in [1.165, 1.54) is 16.7 Å². The Morgan fingerprint density at radius 3 is 2.48 bits per heavy atom. The lowest BCUT2D eigenvalue weighted by Gasteiger charge is -2.35. The normalized spacial score (nSPS) is 19.8. The highest BCUT2D eigenvalue weighted by Crippen LogP contribution is 2.48. The van der Waals surface area contributed by atoms with Crippen LogP contribution in [0, 0.1) is 13.8 Å². The van der Waals surface area contributed by atoms with Crippen LogP contribution >= 0.6 is 0 Å². The molecule has 1 spiro atoms. The molecular formula is C19H28N2O2. The highest BCUT2D eigenvalue weighted by molar-refractivity contribution is 5.93. The SMILES string of the molecule is Cc1cc(C)c2c(c1)C1(CCNCC1)CN2C(=O)OC(C)(C)C. The van der Waals surface area contributed by atoms with E-state index in [9.17, 15) is 4.79 Å². The fourth-order valence-electron chi connectivity index (χ4n) is 4.00. The van der Waals surface area contributed by atoms with Gasteiger partial charge in [0.2, 0.25) is 0 Å². The van der Waals surface area contributed by atoms with E-state index in [0.717, 1.165) is 38.2 Å². The average molecular weight is 316 g/mol. The van der Waals surface area contributed by atoms with E-state index < -0.39 is 5.60 Å². The molecule has 1 saturated heterocycles. The van der Waals surface area contributed by atoms with Gasteiger partial charge in [-0.15, -0.1) is 0 Å². The molecular weight excluding hydrogens is 288 g/mol. The smallest absolute Gasteiger partial charge is 0.414 e. The molecule has 1 aromatic carbocycles. The second-order valence-electron chi connectivity index (χ2n) is 8.07. The third-order valence-corrected chi connectivity index (χ3v) is 4.92. The second kappa shape index (κ2) is 5.52. The van der Waals surface area contributed by atoms with Crippen LogP contribution in [0.1, 0.15) is 50.3 Å². The van der Waals surface area contributed by atoms with Gasteiger partial charge in [0, 0.05) is 12.0 Å². The largest absolute Gasteiger partial charge is 0.443 e. The van der Waals surface area contributed by atoms with Gasteiger partial charge in [0.05, 0.1) is 5.69 Å². The average Bonchev–Trinajstić information content (AvgIpc) is 2.73. The van der Waals surface area contributed by atoms with Crippen LogP contribution in [0.25, 0.3) is 0 Å². The molecule has 0 bridgehead atoms. The maximum Gasteiger partial charge on any atom is 0.414 e. The maximum absolute atomic E-state index is 12.8. The van der Waals surface area contributed by atoms with Crippen molar-refractivity contribution in [3.8, 4) is 0 Å². The lowest BCUT2D eigenvalue weighted by molar-refractivity contribution is 0.0575. The number of nitrogens with zero attached hydrogens (tertiary/aromatic N) is 1. The summed E-state index contributed by atoms with van der Waals surface area (Å²) in [4.78, 5) is 14.7. The molecule has 2 aliphatic heterocycles. The third-order valence-electron chi connectivity index (χ3n) is 4.92. The van der Waals surface area contributed by atoms with Gasteiger partial charge >= 0.3 is 6.09 Å². The molecule has 0 saturated carbocycles. The van der Waals surface area contributed by atoms with Crippen molar-refractivity contribution in [1.29, 1.82) is 0 Å². The van der Waals surface area contributed by atoms with Crippen molar-refractivity contribution in [2.75, 3.05) is 24.5 Å². The molecule has 1 N–H and O–H groups in total. The second-order valence-corrected chi connectivity index (χ2v) is 8.07. The molecule has 2 heterocycles. The van der Waals surface area contributed by atoms with E-state index in [-0.39, 0.29) is 11.5 Å². The molecule has 0 aromatic heterocycles. The van der Waals surface area contributed by atoms with E-state index in [2.05, 4.69) is 31.3 Å². The molecule has 1 fully saturated rings. The van der Waals surface area contributed by atoms with Crippen molar-refractivity contribution >= 4 is 11.8 Å². The summed E-state index contributed by atoms with van der Waals surface area (Å²) in [5.41, 5.74) is 4.45. The molecule has 23 heavy (non-hydrogen) atoms. The van der Waals surface area contributed by atoms with Crippen LogP contribution in [0.3, 0.4) is 0 Å². The minimum absolute atomic E-state index is 0.0776. The maximum atomic E-state index is 12.8. The summed E-state index contributed by atoms with van der Waals surface area (Å²) in [6, 6.07) is 4.44. The number of ether oxygens (including phenoxy) is 1. The molecule has 0 unspecified atom stereocenters. The Kier molecular flexibility index (Phi) is 3.91. The van der Waals surface area contributed by atoms with Crippen molar-refractivity contribution in [2.45, 2.75) is 58.5 Å². The summed E-state index contributed by atoms with van der Waals surface area (Å²) >= 11 is 0. The molecule has 0 radical (unpaired) electrons. The Morgan fingerprint density at radius 1 is 1.22 bits per heavy atom. The number of carbonyl (C=O) groups is 1. The summed E-state index contributed by atoms with van der Waals surface area (Å²) in [5, 5.41) is 3.44. The predicted molar refractivity (Wildman–Crippen MR) is 93.3 cm³/mol. The lowest BCUT2D eigenvalue weighted by Crippen LogP contribution is -2.45. The molecule has 1 amide bonds. The third kappa shape index (κ3) is 2.97. The van der Waals surface area contributed by atoms with Crippen molar-refractivity contribution < 1.29 is 9.53 Å². The Hall–Kier alpha value is -1.55. The van der Waals surface area contributed by atoms with Crippen LogP contribution in [0.2, 0.25) is 0 Å². The van der Waals surface area contributed by atoms with Crippen LogP contribution in [0.5, 0.6) is 0 Å². The summed E-state index contributed by atoms with van der Waals surface area (Å²) in [6.45, 7) is 12.8. The number of fused-ring (bicyclic) bond motifs is 2. The van der Waals surface area contributed by atoms with E-state index in [1.54, 1.807) is 0 Å². The molecule has 4 heteroatoms. The fourth-order valence-corrected chi connectivity index (χ4v) is 4.00. The van der Waals surface area contributed by atoms with Gasteiger partial charge in [-0.25, -0.2) is 4.79 Å². The van der Waals surface area contributed by atoms with Gasteiger partial charge < -0.3 is 10.1 Å². The Balaban J connectivity index is 2.04. The van der Waals surface area contributed by atoms with Crippen molar-refractivity contribution in [2.24, 2.45) is 0 Å². The van der Waals surface area contributed by atoms with Gasteiger partial charge in [-0.2, -0.15) is 0 Å². The minimum Gasteiger partial charge on any atom is -0.443 e. The number of benzene rings is 1. The van der Waals surface area contributed by atoms with Crippen LogP contribution < -0.4 is 10.2 Å². The quantitative estimate of drug-likeness (QED) is 0.794. The number of anilines is 1. The first kappa shape index (κ1) is 16.3. The zero-order valence-electron chi connectivity index (χ0n) is 15.0. The topological polar surface area (TPSA) is 41.6 Å². The van der Waals surface area contributed by atoms with Crippen molar-refractivity contribution in [3.63, 3.8) is 0 Å². The van der Waals surface area contributed by atoms with Crippen molar-refractivity contribution in [3.05, 3.63) is 28.8 Å². The first-order valence-electron chi connectivity index (χ1n) is 8.55. The highest BCUT2D eigenvalue weighted by atomic mass is 16.6. The van der Waals surface area contributed by atoms with Crippen LogP contribution in [0.15, 0.2) is 12.1 Å². The molecule has 2 aliphatic rings. The van der Waals surface area contributed by atoms with Gasteiger partial charge in [-0.3, -0.25) is 4.90 Å². The van der Waals surface area contributed by atoms with E-state index in [4.69, 9.17) is 4.74 Å². The standard InChI is InChI=1S/C19H28N2O2/c1-13-10-14(2)16-15(11-13)19(6-8-20-9-7-19)12-21(16)17(22)23-18(3,4)5/h10-11,20H,6-9,12H2,1-5H3. The molecule has 1 aromatic rings. The molecule has 126 valence electrons. The Morgan fingerprint density at radius 2 is 1.87 bits per heavy atom. The predicted octanol–water partition coefficient (Wildman–Crippen LogP) is 3.68. The fraction of sp³-hybridized carbons (Fsp3) is 0.632. The zero-order chi connectivity index (χ0) is 16.8. The number of hydrogen-bond donors (Lipinski definition) is 1. The lowest BCUT2D eigenvalue weighted by atomic mass is 9.74. The Labute approximate surface area is 139 Å². The van der Waals surface area contributed by atoms with Crippen LogP contribution in [-0.4, -0.2) is 31.3 Å². The summed E-state index contributed by atoms with van der Waals surface area (Å²) in [5.74, 6) is 0. The summed E-state index contributed by atoms with van der Waals surface area (Å²) in [6.07, 6.45) is 1.92. The van der Waals surface area contributed by atoms with Crippen LogP contribution in [0.4, 0.5) is 10.5 Å². The number of amides is 1. The number of piperidine rings is 1. The van der Waals surface area contributed by atoms with Gasteiger partial charge in [-0.1, -0.05) is 17.7 Å². The van der Waals surface area contributed by atoms with Gasteiger partial charge in [0.15, 0.2) is 0 Å². The number of rotatable bonds is 0. The first-order valence-corrected chi connectivity index (χ1v) is 8.55. The minimum atomic E-state index is -0.472. The summed E-state index contributed by atoms with van der Waals surface area (Å²) < 4.78 is 5.67. The van der Waals surface area contributed by atoms with Gasteiger partial charge in [-0.05, 0) is 71.7 Å². The number of carbonyl (C=O) groups excluding carboxylic acids is 1. The number of hydrogen-bond acceptors (Lipinski definition) is 3. The van der Waals surface area contributed by atoms with E-state index >= 15 is 0 Å². The van der Waals surface area contributed by atoms with E-state index in [1.807, 2.05) is 25.7 Å². The van der Waals surface area contributed by atoms with E-state index in [0.29, 0.717) is 0 Å². The summed E-state index contributed by atoms with van der Waals surface area (Å²) in [7, 11) is 0. The number of aryl methyl sites for hydroxylation is 2. The number of nitrogens with one attached hydrogen (secondary N) is 1. The van der Waals surface area contributed by atoms with Gasteiger partial charge in [0.1, 0.15) is 5.60 Å². The Bertz CT molecular complexity index is 625. The van der Waals surface area contributed by atoms with Gasteiger partial charge in [0.25, 0.3) is 0 Å². The first-order chi connectivity index (χ1) is 10.7. The molecule has 0 aliphatic carbocycles. The monoisotopic (exact) mass is 316 g/mol. The van der Waals surface area contributed by atoms with Crippen molar-refractivity contribution in [1.82, 2.24) is 5.32 Å². The highest BCUT2D eigenvalue weighted by Gasteiger charge is 2.46. The molecule has 4 nitrogen and oxygen atoms in total. The van der Waals surface area contributed by atoms with Crippen LogP contribution in [-0.2, 0) is 10.2 Å². The molecule has 0 atom stereocenters. The zero-order valence-corrected chi connectivity index (χ0v) is 15.0.